The van der Waals surface area contributed by atoms with E-state index in [1.165, 1.54) is 0 Å². The maximum absolute atomic E-state index is 12.8. The molecular weight excluding hydrogens is 402 g/mol. The van der Waals surface area contributed by atoms with Crippen LogP contribution in [0.3, 0.4) is 0 Å². The van der Waals surface area contributed by atoms with Crippen LogP contribution >= 0.6 is 0 Å². The zero-order valence-corrected chi connectivity index (χ0v) is 18.1. The third-order valence-electron chi connectivity index (χ3n) is 5.60. The fraction of sp³-hybridized carbons (Fsp3) is 0.167. The van der Waals surface area contributed by atoms with Crippen LogP contribution < -0.4 is 10.6 Å². The Bertz CT molecular complexity index is 1450. The lowest BCUT2D eigenvalue weighted by molar-refractivity contribution is 0.102. The van der Waals surface area contributed by atoms with Crippen LogP contribution in [0, 0.1) is 0 Å². The molecule has 5 aromatic rings. The van der Waals surface area contributed by atoms with Gasteiger partial charge in [-0.3, -0.25) is 4.79 Å². The second-order valence-electron chi connectivity index (χ2n) is 7.88. The normalized spacial score (nSPS) is 12.2. The van der Waals surface area contributed by atoms with Crippen LogP contribution in [0.5, 0.6) is 0 Å². The number of anilines is 2. The number of fused-ring (bicyclic) bond motifs is 2. The Hall–Kier alpha value is -4.20. The molecule has 3 aromatic heterocycles. The van der Waals surface area contributed by atoms with E-state index >= 15 is 0 Å². The van der Waals surface area contributed by atoms with Crippen molar-refractivity contribution in [2.24, 2.45) is 14.1 Å². The minimum atomic E-state index is -0.140. The summed E-state index contributed by atoms with van der Waals surface area (Å²) >= 11 is 0. The van der Waals surface area contributed by atoms with Gasteiger partial charge in [0.2, 0.25) is 0 Å². The molecule has 0 fully saturated rings. The first-order valence-corrected chi connectivity index (χ1v) is 10.4. The van der Waals surface area contributed by atoms with Gasteiger partial charge in [0, 0.05) is 37.1 Å². The first-order valence-electron chi connectivity index (χ1n) is 10.4. The zero-order chi connectivity index (χ0) is 22.2. The Morgan fingerprint density at radius 2 is 1.94 bits per heavy atom. The van der Waals surface area contributed by atoms with Crippen molar-refractivity contribution in [1.82, 2.24) is 24.3 Å². The number of carbonyl (C=O) groups is 1. The number of aryl methyl sites for hydroxylation is 2. The molecule has 0 saturated carbocycles. The van der Waals surface area contributed by atoms with Gasteiger partial charge in [-0.1, -0.05) is 18.2 Å². The van der Waals surface area contributed by atoms with Crippen molar-refractivity contribution in [2.75, 3.05) is 10.6 Å². The summed E-state index contributed by atoms with van der Waals surface area (Å²) in [6.07, 6.45) is 5.38. The highest BCUT2D eigenvalue weighted by Crippen LogP contribution is 2.23. The predicted octanol–water partition coefficient (Wildman–Crippen LogP) is 4.28. The van der Waals surface area contributed by atoms with Gasteiger partial charge in [-0.15, -0.1) is 0 Å². The van der Waals surface area contributed by atoms with Gasteiger partial charge in [0.1, 0.15) is 11.3 Å². The number of nitrogens with one attached hydrogen (secondary N) is 2. The number of benzene rings is 2. The van der Waals surface area contributed by atoms with Crippen LogP contribution in [0.25, 0.3) is 22.1 Å². The van der Waals surface area contributed by atoms with E-state index in [2.05, 4.69) is 25.7 Å². The van der Waals surface area contributed by atoms with Crippen LogP contribution in [0.2, 0.25) is 0 Å². The summed E-state index contributed by atoms with van der Waals surface area (Å²) in [5.41, 5.74) is 4.88. The molecule has 8 nitrogen and oxygen atoms in total. The van der Waals surface area contributed by atoms with Crippen LogP contribution in [0.4, 0.5) is 11.5 Å². The molecule has 3 heterocycles. The molecule has 160 valence electrons. The van der Waals surface area contributed by atoms with E-state index in [1.807, 2.05) is 80.3 Å². The monoisotopic (exact) mass is 425 g/mol. The third kappa shape index (κ3) is 3.66. The molecule has 1 amide bonds. The van der Waals surface area contributed by atoms with Crippen molar-refractivity contribution in [1.29, 1.82) is 0 Å². The van der Waals surface area contributed by atoms with E-state index in [-0.39, 0.29) is 11.9 Å². The van der Waals surface area contributed by atoms with Crippen molar-refractivity contribution in [3.8, 4) is 0 Å². The average molecular weight is 425 g/mol. The molecule has 0 radical (unpaired) electrons. The van der Waals surface area contributed by atoms with Crippen LogP contribution in [-0.2, 0) is 14.1 Å². The number of aromatic nitrogens is 5. The van der Waals surface area contributed by atoms with Crippen LogP contribution in [0.1, 0.15) is 28.9 Å². The maximum atomic E-state index is 12.8. The fourth-order valence-electron chi connectivity index (χ4n) is 3.78. The highest BCUT2D eigenvalue weighted by Gasteiger charge is 2.12. The molecule has 0 spiro atoms. The highest BCUT2D eigenvalue weighted by atomic mass is 16.1. The fourth-order valence-corrected chi connectivity index (χ4v) is 3.78. The number of hydrogen-bond donors (Lipinski definition) is 2. The lowest BCUT2D eigenvalue weighted by Gasteiger charge is -2.16. The summed E-state index contributed by atoms with van der Waals surface area (Å²) in [5, 5.41) is 11.7. The average Bonchev–Trinajstić information content (AvgIpc) is 3.36. The first-order chi connectivity index (χ1) is 15.5. The van der Waals surface area contributed by atoms with E-state index in [0.29, 0.717) is 11.4 Å². The Labute approximate surface area is 184 Å². The van der Waals surface area contributed by atoms with Crippen molar-refractivity contribution in [2.45, 2.75) is 13.0 Å². The quantitative estimate of drug-likeness (QED) is 0.439. The first kappa shape index (κ1) is 19.7. The molecule has 0 unspecified atom stereocenters. The zero-order valence-electron chi connectivity index (χ0n) is 18.1. The molecule has 0 aliphatic heterocycles. The second-order valence-corrected chi connectivity index (χ2v) is 7.88. The molecule has 0 aliphatic rings. The smallest absolute Gasteiger partial charge is 0.255 e. The summed E-state index contributed by atoms with van der Waals surface area (Å²) in [4.78, 5) is 21.8. The molecule has 0 saturated heterocycles. The van der Waals surface area contributed by atoms with E-state index in [1.54, 1.807) is 17.1 Å². The van der Waals surface area contributed by atoms with Gasteiger partial charge in [0.05, 0.1) is 18.4 Å². The predicted molar refractivity (Wildman–Crippen MR) is 126 cm³/mol. The molecule has 5 rings (SSSR count). The van der Waals surface area contributed by atoms with Gasteiger partial charge in [0.15, 0.2) is 5.65 Å². The highest BCUT2D eigenvalue weighted by molar-refractivity contribution is 6.06. The summed E-state index contributed by atoms with van der Waals surface area (Å²) < 4.78 is 3.70. The second kappa shape index (κ2) is 7.81. The Morgan fingerprint density at radius 3 is 2.81 bits per heavy atom. The van der Waals surface area contributed by atoms with Crippen molar-refractivity contribution < 1.29 is 4.79 Å². The topological polar surface area (TPSA) is 89.7 Å². The van der Waals surface area contributed by atoms with Gasteiger partial charge < -0.3 is 15.2 Å². The summed E-state index contributed by atoms with van der Waals surface area (Å²) in [6.45, 7) is 2.04. The molecule has 2 aromatic carbocycles. The van der Waals surface area contributed by atoms with Gasteiger partial charge >= 0.3 is 0 Å². The minimum Gasteiger partial charge on any atom is -0.362 e. The SMILES string of the molecule is C[C@H](Nc1cnc2cnn(C)c2n1)c1cccc(NC(=O)c2ccc3ccn(C)c3c2)c1. The number of nitrogens with zero attached hydrogens (tertiary/aromatic N) is 5. The van der Waals surface area contributed by atoms with E-state index in [9.17, 15) is 4.79 Å². The number of amides is 1. The third-order valence-corrected chi connectivity index (χ3v) is 5.60. The number of carbonyl (C=O) groups excluding carboxylic acids is 1. The molecule has 2 N–H and O–H groups in total. The van der Waals surface area contributed by atoms with Gasteiger partial charge in [0.25, 0.3) is 5.91 Å². The Balaban J connectivity index is 1.33. The van der Waals surface area contributed by atoms with E-state index in [4.69, 9.17) is 0 Å². The van der Waals surface area contributed by atoms with Gasteiger partial charge in [-0.25, -0.2) is 14.6 Å². The molecular formula is C24H23N7O. The summed E-state index contributed by atoms with van der Waals surface area (Å²) in [7, 11) is 3.81. The van der Waals surface area contributed by atoms with E-state index < -0.39 is 0 Å². The van der Waals surface area contributed by atoms with Crippen LogP contribution in [0.15, 0.2) is 67.1 Å². The summed E-state index contributed by atoms with van der Waals surface area (Å²) in [6, 6.07) is 15.5. The molecule has 8 heteroatoms. The van der Waals surface area contributed by atoms with Gasteiger partial charge in [-0.05, 0) is 48.2 Å². The lowest BCUT2D eigenvalue weighted by atomic mass is 10.1. The Morgan fingerprint density at radius 1 is 1.06 bits per heavy atom. The number of hydrogen-bond acceptors (Lipinski definition) is 5. The lowest BCUT2D eigenvalue weighted by Crippen LogP contribution is -2.13. The number of rotatable bonds is 5. The molecule has 32 heavy (non-hydrogen) atoms. The largest absolute Gasteiger partial charge is 0.362 e. The van der Waals surface area contributed by atoms with Crippen molar-refractivity contribution >= 4 is 39.5 Å². The minimum absolute atomic E-state index is 0.0356. The summed E-state index contributed by atoms with van der Waals surface area (Å²) in [5.74, 6) is 0.525. The van der Waals surface area contributed by atoms with Gasteiger partial charge in [-0.2, -0.15) is 5.10 Å². The Kier molecular flexibility index (Phi) is 4.82. The molecule has 1 atom stereocenters. The maximum Gasteiger partial charge on any atom is 0.255 e. The molecule has 0 bridgehead atoms. The van der Waals surface area contributed by atoms with E-state index in [0.717, 1.165) is 33.3 Å². The van der Waals surface area contributed by atoms with Crippen molar-refractivity contribution in [3.63, 3.8) is 0 Å². The van der Waals surface area contributed by atoms with Crippen LogP contribution in [-0.4, -0.2) is 30.2 Å². The molecule has 0 aliphatic carbocycles. The standard InChI is InChI=1S/C24H23N7O/c1-15(27-22-14-25-20-13-26-31(3)23(20)29-22)17-5-4-6-19(11-17)28-24(32)18-8-7-16-9-10-30(2)21(16)12-18/h4-15H,1-3H3,(H,27,29)(H,28,32)/t15-/m0/s1. The van der Waals surface area contributed by atoms with Crippen molar-refractivity contribution in [3.05, 3.63) is 78.2 Å².